The molecule has 138 valence electrons. The largest absolute Gasteiger partial charge is 0.481 e. The lowest BCUT2D eigenvalue weighted by atomic mass is 10.2. The summed E-state index contributed by atoms with van der Waals surface area (Å²) in [6, 6.07) is 6.72. The minimum atomic E-state index is -3.90. The molecule has 0 amide bonds. The van der Waals surface area contributed by atoms with Crippen LogP contribution in [-0.4, -0.2) is 33.7 Å². The van der Waals surface area contributed by atoms with Crippen molar-refractivity contribution in [1.82, 2.24) is 14.2 Å². The van der Waals surface area contributed by atoms with Gasteiger partial charge in [-0.25, -0.2) is 12.4 Å². The van der Waals surface area contributed by atoms with E-state index in [1.54, 1.807) is 38.1 Å². The van der Waals surface area contributed by atoms with Crippen LogP contribution in [-0.2, 0) is 21.2 Å². The van der Waals surface area contributed by atoms with E-state index in [-0.39, 0.29) is 11.3 Å². The minimum Gasteiger partial charge on any atom is -0.481 e. The number of aromatic nitrogens is 3. The number of nitrogens with one attached hydrogen (secondary N) is 1. The van der Waals surface area contributed by atoms with Crippen LogP contribution >= 0.6 is 11.6 Å². The van der Waals surface area contributed by atoms with E-state index in [0.717, 1.165) is 0 Å². The third-order valence-corrected chi connectivity index (χ3v) is 6.44. The van der Waals surface area contributed by atoms with Crippen molar-refractivity contribution in [3.05, 3.63) is 46.4 Å². The summed E-state index contributed by atoms with van der Waals surface area (Å²) in [6.07, 6.45) is 0.609. The second-order valence-corrected chi connectivity index (χ2v) is 8.28. The molecule has 0 unspecified atom stereocenters. The number of hydrogen-bond acceptors (Lipinski definition) is 4. The lowest BCUT2D eigenvalue weighted by Gasteiger charge is -2.12. The van der Waals surface area contributed by atoms with Gasteiger partial charge in [0.05, 0.1) is 16.9 Å². The Morgan fingerprint density at radius 2 is 2.04 bits per heavy atom. The summed E-state index contributed by atoms with van der Waals surface area (Å²) >= 11 is 6.04. The Labute approximate surface area is 155 Å². The van der Waals surface area contributed by atoms with E-state index >= 15 is 0 Å². The molecule has 0 bridgehead atoms. The number of rotatable bonds is 6. The predicted octanol–water partition coefficient (Wildman–Crippen LogP) is 3.28. The van der Waals surface area contributed by atoms with Crippen LogP contribution in [0.3, 0.4) is 0 Å². The number of H-pyrrole nitrogens is 1. The van der Waals surface area contributed by atoms with Crippen molar-refractivity contribution in [2.75, 3.05) is 0 Å². The van der Waals surface area contributed by atoms with E-state index in [0.29, 0.717) is 45.8 Å². The van der Waals surface area contributed by atoms with Crippen molar-refractivity contribution >= 4 is 38.5 Å². The van der Waals surface area contributed by atoms with Gasteiger partial charge in [0, 0.05) is 22.5 Å². The Morgan fingerprint density at radius 3 is 2.65 bits per heavy atom. The molecule has 2 aromatic heterocycles. The third-order valence-electron chi connectivity index (χ3n) is 4.17. The van der Waals surface area contributed by atoms with Crippen LogP contribution in [0.15, 0.2) is 29.2 Å². The predicted molar refractivity (Wildman–Crippen MR) is 98.2 cm³/mol. The zero-order valence-electron chi connectivity index (χ0n) is 14.3. The fraction of sp³-hybridized carbons (Fsp3) is 0.294. The molecule has 0 radical (unpaired) electrons. The van der Waals surface area contributed by atoms with Crippen LogP contribution in [0.1, 0.15) is 29.9 Å². The number of nitrogens with zero attached hydrogens (tertiary/aromatic N) is 2. The Morgan fingerprint density at radius 1 is 1.31 bits per heavy atom. The first-order valence-electron chi connectivity index (χ1n) is 8.00. The van der Waals surface area contributed by atoms with Gasteiger partial charge in [-0.3, -0.25) is 9.89 Å². The summed E-state index contributed by atoms with van der Waals surface area (Å²) < 4.78 is 28.0. The molecule has 0 atom stereocenters. The molecule has 0 aliphatic rings. The Balaban J connectivity index is 2.21. The van der Waals surface area contributed by atoms with E-state index in [4.69, 9.17) is 16.7 Å². The zero-order chi connectivity index (χ0) is 19.1. The molecule has 0 fully saturated rings. The molecule has 3 aromatic rings. The number of fused-ring (bicyclic) bond motifs is 1. The summed E-state index contributed by atoms with van der Waals surface area (Å²) in [6.45, 7) is 3.28. The lowest BCUT2D eigenvalue weighted by Crippen LogP contribution is -2.17. The van der Waals surface area contributed by atoms with Crippen LogP contribution in [0.25, 0.3) is 10.9 Å². The first kappa shape index (κ1) is 18.5. The molecular formula is C17H18ClN3O4S. The molecular weight excluding hydrogens is 378 g/mol. The Bertz CT molecular complexity index is 1080. The van der Waals surface area contributed by atoms with Crippen molar-refractivity contribution in [2.24, 2.45) is 0 Å². The minimum absolute atomic E-state index is 0.0356. The fourth-order valence-electron chi connectivity index (χ4n) is 3.11. The molecule has 1 aromatic carbocycles. The first-order valence-corrected chi connectivity index (χ1v) is 9.82. The Kier molecular flexibility index (Phi) is 4.81. The molecule has 9 heteroatoms. The van der Waals surface area contributed by atoms with Gasteiger partial charge in [-0.1, -0.05) is 11.6 Å². The highest BCUT2D eigenvalue weighted by Crippen LogP contribution is 2.30. The molecule has 26 heavy (non-hydrogen) atoms. The van der Waals surface area contributed by atoms with E-state index in [1.807, 2.05) is 0 Å². The molecule has 3 rings (SSSR count). The standard InChI is InChI=1S/C17H18ClN3O4S/c1-10-17(11(2)20-19-10)26(24,25)21-14(4-3-5-16(22)23)9-12-8-13(18)6-7-15(12)21/h6-9H,3-5H2,1-2H3,(H,19,20)(H,22,23). The van der Waals surface area contributed by atoms with Crippen molar-refractivity contribution in [2.45, 2.75) is 38.0 Å². The second-order valence-electron chi connectivity index (χ2n) is 6.12. The van der Waals surface area contributed by atoms with Crippen LogP contribution in [0, 0.1) is 13.8 Å². The maximum atomic E-state index is 13.4. The number of carboxylic acid groups (broad SMARTS) is 1. The van der Waals surface area contributed by atoms with Crippen molar-refractivity contribution in [3.8, 4) is 0 Å². The van der Waals surface area contributed by atoms with E-state index in [1.165, 1.54) is 3.97 Å². The van der Waals surface area contributed by atoms with Gasteiger partial charge in [-0.15, -0.1) is 0 Å². The normalized spacial score (nSPS) is 12.0. The van der Waals surface area contributed by atoms with Gasteiger partial charge in [0.2, 0.25) is 0 Å². The quantitative estimate of drug-likeness (QED) is 0.666. The molecule has 2 N–H and O–H groups in total. The summed E-state index contributed by atoms with van der Waals surface area (Å²) in [5.41, 5.74) is 1.85. The van der Waals surface area contributed by atoms with Crippen LogP contribution in [0.5, 0.6) is 0 Å². The number of hydrogen-bond donors (Lipinski definition) is 2. The molecule has 0 aliphatic heterocycles. The van der Waals surface area contributed by atoms with Gasteiger partial charge < -0.3 is 5.11 Å². The molecule has 7 nitrogen and oxygen atoms in total. The molecule has 0 aliphatic carbocycles. The van der Waals surface area contributed by atoms with Gasteiger partial charge in [-0.2, -0.15) is 5.10 Å². The molecule has 0 spiro atoms. The smallest absolute Gasteiger partial charge is 0.303 e. The number of aromatic amines is 1. The molecule has 0 saturated carbocycles. The van der Waals surface area contributed by atoms with Gasteiger partial charge >= 0.3 is 5.97 Å². The second kappa shape index (κ2) is 6.77. The summed E-state index contributed by atoms with van der Waals surface area (Å²) in [5, 5.41) is 16.7. The van der Waals surface area contributed by atoms with Gasteiger partial charge in [0.25, 0.3) is 10.0 Å². The van der Waals surface area contributed by atoms with E-state index in [9.17, 15) is 13.2 Å². The maximum absolute atomic E-state index is 13.4. The van der Waals surface area contributed by atoms with Crippen molar-refractivity contribution in [3.63, 3.8) is 0 Å². The van der Waals surface area contributed by atoms with Crippen molar-refractivity contribution < 1.29 is 18.3 Å². The number of carboxylic acids is 1. The van der Waals surface area contributed by atoms with Gasteiger partial charge in [0.1, 0.15) is 4.90 Å². The van der Waals surface area contributed by atoms with Crippen LogP contribution in [0.2, 0.25) is 5.02 Å². The summed E-state index contributed by atoms with van der Waals surface area (Å²) in [7, 11) is -3.90. The highest BCUT2D eigenvalue weighted by molar-refractivity contribution is 7.90. The summed E-state index contributed by atoms with van der Waals surface area (Å²) in [5.74, 6) is -0.917. The number of carbonyl (C=O) groups is 1. The highest BCUT2D eigenvalue weighted by Gasteiger charge is 2.28. The molecule has 2 heterocycles. The van der Waals surface area contributed by atoms with E-state index < -0.39 is 16.0 Å². The maximum Gasteiger partial charge on any atom is 0.303 e. The fourth-order valence-corrected chi connectivity index (χ4v) is 5.20. The Hall–Kier alpha value is -2.32. The highest BCUT2D eigenvalue weighted by atomic mass is 35.5. The van der Waals surface area contributed by atoms with E-state index in [2.05, 4.69) is 10.2 Å². The number of halogens is 1. The van der Waals surface area contributed by atoms with Crippen molar-refractivity contribution in [1.29, 1.82) is 0 Å². The van der Waals surface area contributed by atoms with Crippen LogP contribution in [0.4, 0.5) is 0 Å². The zero-order valence-corrected chi connectivity index (χ0v) is 15.9. The average molecular weight is 396 g/mol. The number of aryl methyl sites for hydroxylation is 3. The monoisotopic (exact) mass is 395 g/mol. The number of aliphatic carboxylic acids is 1. The lowest BCUT2D eigenvalue weighted by molar-refractivity contribution is -0.137. The number of benzene rings is 1. The van der Waals surface area contributed by atoms with Gasteiger partial charge in [-0.05, 0) is 51.0 Å². The molecule has 0 saturated heterocycles. The third kappa shape index (κ3) is 3.22. The SMILES string of the molecule is Cc1n[nH]c(C)c1S(=O)(=O)n1c(CCCC(=O)O)cc2cc(Cl)ccc21. The van der Waals surface area contributed by atoms with Gasteiger partial charge in [0.15, 0.2) is 0 Å². The van der Waals surface area contributed by atoms with Crippen LogP contribution < -0.4 is 0 Å². The first-order chi connectivity index (χ1) is 12.2. The topological polar surface area (TPSA) is 105 Å². The average Bonchev–Trinajstić information content (AvgIpc) is 3.06. The summed E-state index contributed by atoms with van der Waals surface area (Å²) in [4.78, 5) is 10.9.